The van der Waals surface area contributed by atoms with E-state index in [9.17, 15) is 24.3 Å². The zero-order chi connectivity index (χ0) is 21.0. The number of nitrogens with two attached hydrogens (primary N) is 1. The van der Waals surface area contributed by atoms with Crippen molar-refractivity contribution in [2.45, 2.75) is 30.6 Å². The molecule has 0 bridgehead atoms. The van der Waals surface area contributed by atoms with Gasteiger partial charge in [0.05, 0.1) is 19.8 Å². The van der Waals surface area contributed by atoms with Crippen LogP contribution in [-0.4, -0.2) is 100 Å². The Morgan fingerprint density at radius 2 is 1.33 bits per heavy atom. The molecule has 0 fully saturated rings. The molecule has 12 nitrogen and oxygen atoms in total. The third kappa shape index (κ3) is 9.01. The van der Waals surface area contributed by atoms with Gasteiger partial charge in [-0.05, 0) is 18.4 Å². The van der Waals surface area contributed by atoms with Gasteiger partial charge in [0.25, 0.3) is 0 Å². The summed E-state index contributed by atoms with van der Waals surface area (Å²) in [6, 6.07) is -5.41. The zero-order valence-electron chi connectivity index (χ0n) is 14.8. The van der Waals surface area contributed by atoms with Crippen molar-refractivity contribution in [2.75, 3.05) is 31.8 Å². The van der Waals surface area contributed by atoms with E-state index in [2.05, 4.69) is 10.6 Å². The van der Waals surface area contributed by atoms with E-state index >= 15 is 0 Å². The fourth-order valence-corrected chi connectivity index (χ4v) is 2.26. The molecule has 4 unspecified atom stereocenters. The molecule has 156 valence electrons. The molecule has 0 radical (unpaired) electrons. The van der Waals surface area contributed by atoms with Crippen LogP contribution in [0.1, 0.15) is 6.42 Å². The first kappa shape index (κ1) is 25.1. The van der Waals surface area contributed by atoms with E-state index in [1.807, 2.05) is 5.32 Å². The Morgan fingerprint density at radius 3 is 1.78 bits per heavy atom. The lowest BCUT2D eigenvalue weighted by molar-refractivity contribution is -0.143. The minimum atomic E-state index is -1.60. The topological polar surface area (TPSA) is 211 Å². The van der Waals surface area contributed by atoms with E-state index in [1.165, 1.54) is 11.8 Å². The summed E-state index contributed by atoms with van der Waals surface area (Å²) in [6.07, 6.45) is 1.96. The van der Waals surface area contributed by atoms with Gasteiger partial charge in [-0.25, -0.2) is 4.79 Å². The smallest absolute Gasteiger partial charge is 0.328 e. The molecule has 9 N–H and O–H groups in total. The van der Waals surface area contributed by atoms with Crippen molar-refractivity contribution in [1.29, 1.82) is 0 Å². The second-order valence-electron chi connectivity index (χ2n) is 5.46. The molecule has 0 saturated heterocycles. The van der Waals surface area contributed by atoms with Crippen LogP contribution >= 0.6 is 11.8 Å². The van der Waals surface area contributed by atoms with Gasteiger partial charge in [0, 0.05) is 0 Å². The minimum absolute atomic E-state index is 0.186. The van der Waals surface area contributed by atoms with Crippen LogP contribution in [0.25, 0.3) is 0 Å². The van der Waals surface area contributed by atoms with E-state index in [0.717, 1.165) is 0 Å². The number of thioether (sulfide) groups is 1. The van der Waals surface area contributed by atoms with Gasteiger partial charge in [-0.3, -0.25) is 14.4 Å². The van der Waals surface area contributed by atoms with E-state index < -0.39 is 67.7 Å². The number of carboxylic acid groups (broad SMARTS) is 1. The van der Waals surface area contributed by atoms with E-state index in [1.54, 1.807) is 6.26 Å². The number of rotatable bonds is 13. The molecule has 0 spiro atoms. The lowest BCUT2D eigenvalue weighted by atomic mass is 10.1. The highest BCUT2D eigenvalue weighted by Gasteiger charge is 2.29. The molecule has 13 heteroatoms. The predicted molar refractivity (Wildman–Crippen MR) is 95.7 cm³/mol. The minimum Gasteiger partial charge on any atom is -0.480 e. The highest BCUT2D eigenvalue weighted by molar-refractivity contribution is 7.98. The molecule has 0 aliphatic heterocycles. The molecule has 0 aliphatic carbocycles. The van der Waals surface area contributed by atoms with Crippen LogP contribution in [-0.2, 0) is 19.2 Å². The molecule has 3 amide bonds. The van der Waals surface area contributed by atoms with Gasteiger partial charge in [-0.15, -0.1) is 0 Å². The summed E-state index contributed by atoms with van der Waals surface area (Å²) < 4.78 is 0. The van der Waals surface area contributed by atoms with Crippen LogP contribution in [0.5, 0.6) is 0 Å². The van der Waals surface area contributed by atoms with Crippen molar-refractivity contribution < 1.29 is 39.6 Å². The molecule has 0 aromatic rings. The van der Waals surface area contributed by atoms with Crippen molar-refractivity contribution in [1.82, 2.24) is 16.0 Å². The monoisotopic (exact) mass is 410 g/mol. The number of amides is 3. The Kier molecular flexibility index (Phi) is 12.3. The summed E-state index contributed by atoms with van der Waals surface area (Å²) in [7, 11) is 0. The van der Waals surface area contributed by atoms with Crippen molar-refractivity contribution in [3.8, 4) is 0 Å². The average molecular weight is 410 g/mol. The van der Waals surface area contributed by atoms with E-state index in [-0.39, 0.29) is 6.42 Å². The van der Waals surface area contributed by atoms with Crippen molar-refractivity contribution in [2.24, 2.45) is 5.73 Å². The maximum absolute atomic E-state index is 12.4. The highest BCUT2D eigenvalue weighted by Crippen LogP contribution is 2.02. The number of carboxylic acids is 1. The van der Waals surface area contributed by atoms with Crippen molar-refractivity contribution in [3.05, 3.63) is 0 Å². The van der Waals surface area contributed by atoms with Crippen LogP contribution in [0.2, 0.25) is 0 Å². The first-order chi connectivity index (χ1) is 12.7. The molecule has 0 aromatic carbocycles. The molecule has 0 aromatic heterocycles. The molecule has 4 atom stereocenters. The number of carbonyl (C=O) groups excluding carboxylic acids is 3. The van der Waals surface area contributed by atoms with Gasteiger partial charge < -0.3 is 42.1 Å². The van der Waals surface area contributed by atoms with Crippen LogP contribution in [0, 0.1) is 0 Å². The number of hydrogen-bond acceptors (Lipinski definition) is 9. The summed E-state index contributed by atoms with van der Waals surface area (Å²) in [4.78, 5) is 47.0. The van der Waals surface area contributed by atoms with Gasteiger partial charge >= 0.3 is 5.97 Å². The molecule has 0 rings (SSSR count). The van der Waals surface area contributed by atoms with Crippen LogP contribution in [0.3, 0.4) is 0 Å². The predicted octanol–water partition coefficient (Wildman–Crippen LogP) is -4.42. The van der Waals surface area contributed by atoms with Gasteiger partial charge in [0.15, 0.2) is 0 Å². The standard InChI is InChI=1S/C14H26N4O8S/c1-27-3-2-8(16-11(22)7(15)4-19)12(23)17-9(5-20)13(24)18-10(6-21)14(25)26/h7-10,19-21H,2-6,15H2,1H3,(H,16,22)(H,17,23)(H,18,24)(H,25,26). The number of aliphatic carboxylic acids is 1. The van der Waals surface area contributed by atoms with E-state index in [4.69, 9.17) is 21.1 Å². The SMILES string of the molecule is CSCCC(NC(=O)C(N)CO)C(=O)NC(CO)C(=O)NC(CO)C(=O)O. The summed E-state index contributed by atoms with van der Waals surface area (Å²) in [6.45, 7) is -2.34. The second-order valence-corrected chi connectivity index (χ2v) is 6.44. The highest BCUT2D eigenvalue weighted by atomic mass is 32.2. The number of aliphatic hydroxyl groups is 3. The number of carbonyl (C=O) groups is 4. The maximum Gasteiger partial charge on any atom is 0.328 e. The summed E-state index contributed by atoms with van der Waals surface area (Å²) in [5.41, 5.74) is 5.39. The Hall–Kier alpha value is -1.93. The lowest BCUT2D eigenvalue weighted by Crippen LogP contribution is -2.58. The van der Waals surface area contributed by atoms with Crippen LogP contribution in [0.15, 0.2) is 0 Å². The molecule has 0 heterocycles. The van der Waals surface area contributed by atoms with Gasteiger partial charge in [0.1, 0.15) is 24.2 Å². The molecule has 27 heavy (non-hydrogen) atoms. The molecular formula is C14H26N4O8S. The third-order valence-corrected chi connectivity index (χ3v) is 4.03. The van der Waals surface area contributed by atoms with Gasteiger partial charge in [-0.2, -0.15) is 11.8 Å². The van der Waals surface area contributed by atoms with Crippen LogP contribution < -0.4 is 21.7 Å². The van der Waals surface area contributed by atoms with Crippen molar-refractivity contribution >= 4 is 35.5 Å². The average Bonchev–Trinajstić information content (AvgIpc) is 2.65. The molecular weight excluding hydrogens is 384 g/mol. The quantitative estimate of drug-likeness (QED) is 0.146. The normalized spacial score (nSPS) is 15.1. The Morgan fingerprint density at radius 1 is 0.852 bits per heavy atom. The summed E-state index contributed by atoms with van der Waals surface area (Å²) in [5, 5.41) is 42.4. The molecule has 0 aliphatic rings. The summed E-state index contributed by atoms with van der Waals surface area (Å²) in [5.74, 6) is -3.59. The summed E-state index contributed by atoms with van der Waals surface area (Å²) >= 11 is 1.40. The Balaban J connectivity index is 5.04. The van der Waals surface area contributed by atoms with Crippen molar-refractivity contribution in [3.63, 3.8) is 0 Å². The zero-order valence-corrected chi connectivity index (χ0v) is 15.6. The fraction of sp³-hybridized carbons (Fsp3) is 0.714. The number of aliphatic hydroxyl groups excluding tert-OH is 3. The second kappa shape index (κ2) is 13.3. The fourth-order valence-electron chi connectivity index (χ4n) is 1.79. The number of hydrogen-bond donors (Lipinski definition) is 8. The first-order valence-electron chi connectivity index (χ1n) is 7.92. The third-order valence-electron chi connectivity index (χ3n) is 3.39. The van der Waals surface area contributed by atoms with E-state index in [0.29, 0.717) is 5.75 Å². The van der Waals surface area contributed by atoms with Gasteiger partial charge in [0.2, 0.25) is 17.7 Å². The molecule has 0 saturated carbocycles. The first-order valence-corrected chi connectivity index (χ1v) is 9.32. The lowest BCUT2D eigenvalue weighted by Gasteiger charge is -2.23. The number of nitrogens with one attached hydrogen (secondary N) is 3. The Bertz CT molecular complexity index is 521. The van der Waals surface area contributed by atoms with Crippen LogP contribution in [0.4, 0.5) is 0 Å². The largest absolute Gasteiger partial charge is 0.480 e. The Labute approximate surface area is 159 Å². The van der Waals surface area contributed by atoms with Gasteiger partial charge in [-0.1, -0.05) is 0 Å². The maximum atomic E-state index is 12.4.